The highest BCUT2D eigenvalue weighted by Crippen LogP contribution is 2.36. The van der Waals surface area contributed by atoms with Crippen LogP contribution in [0.25, 0.3) is 28.3 Å². The van der Waals surface area contributed by atoms with Crippen LogP contribution in [0.5, 0.6) is 0 Å². The second-order valence-corrected chi connectivity index (χ2v) is 8.60. The molecule has 0 amide bonds. The molecule has 34 heavy (non-hydrogen) atoms. The molecule has 4 heterocycles. The number of anilines is 1. The number of rotatable bonds is 3. The van der Waals surface area contributed by atoms with Gasteiger partial charge in [-0.05, 0) is 47.5 Å². The van der Waals surface area contributed by atoms with Crippen LogP contribution in [0.1, 0.15) is 5.56 Å². The van der Waals surface area contributed by atoms with Crippen LogP contribution in [0.15, 0.2) is 67.1 Å². The van der Waals surface area contributed by atoms with Crippen LogP contribution in [0, 0.1) is 11.7 Å². The molecule has 4 aromatic rings. The van der Waals surface area contributed by atoms with E-state index in [0.29, 0.717) is 19.6 Å². The number of nitrogens with zero attached hydrogens (tertiary/aromatic N) is 4. The number of aliphatic hydroxyl groups is 2. The summed E-state index contributed by atoms with van der Waals surface area (Å²) in [6.07, 6.45) is 5.34. The molecule has 0 unspecified atom stereocenters. The summed E-state index contributed by atoms with van der Waals surface area (Å²) in [7, 11) is 0. The van der Waals surface area contributed by atoms with Crippen LogP contribution in [-0.4, -0.2) is 50.1 Å². The Morgan fingerprint density at radius 1 is 1.00 bits per heavy atom. The number of β-amino-alcohol motifs (C(OH)–C–C–N with tert-alkyl or cyclic N) is 1. The number of imidazole rings is 1. The first-order chi connectivity index (χ1) is 15.6. The minimum atomic E-state index is -0.520. The minimum Gasteiger partial charge on any atom is -0.396 e. The van der Waals surface area contributed by atoms with Crippen LogP contribution in [0.2, 0.25) is 0 Å². The molecule has 2 aromatic heterocycles. The summed E-state index contributed by atoms with van der Waals surface area (Å²) in [5.74, 6) is 0.493. The summed E-state index contributed by atoms with van der Waals surface area (Å²) in [6.45, 7) is 1.81. The summed E-state index contributed by atoms with van der Waals surface area (Å²) in [5, 5.41) is 19.7. The third kappa shape index (κ3) is 4.02. The van der Waals surface area contributed by atoms with Crippen molar-refractivity contribution < 1.29 is 14.6 Å². The second-order valence-electron chi connectivity index (χ2n) is 8.60. The van der Waals surface area contributed by atoms with E-state index in [2.05, 4.69) is 49.5 Å². The Bertz CT molecular complexity index is 1300. The van der Waals surface area contributed by atoms with Crippen molar-refractivity contribution >= 4 is 32.7 Å². The Morgan fingerprint density at radius 2 is 1.79 bits per heavy atom. The van der Waals surface area contributed by atoms with Gasteiger partial charge >= 0.3 is 0 Å². The van der Waals surface area contributed by atoms with Gasteiger partial charge in [0, 0.05) is 55.4 Å². The van der Waals surface area contributed by atoms with E-state index in [-0.39, 0.29) is 45.3 Å². The van der Waals surface area contributed by atoms with Crippen molar-refractivity contribution in [3.63, 3.8) is 0 Å². The second kappa shape index (κ2) is 9.50. The van der Waals surface area contributed by atoms with E-state index in [9.17, 15) is 14.6 Å². The van der Waals surface area contributed by atoms with Gasteiger partial charge in [-0.3, -0.25) is 4.57 Å². The van der Waals surface area contributed by atoms with Gasteiger partial charge in [0.25, 0.3) is 0 Å². The van der Waals surface area contributed by atoms with E-state index >= 15 is 0 Å². The average molecular weight is 499 g/mol. The molecule has 0 aliphatic carbocycles. The lowest BCUT2D eigenvalue weighted by molar-refractivity contribution is 0.104. The zero-order valence-corrected chi connectivity index (χ0v) is 20.4. The average Bonchev–Trinajstić information content (AvgIpc) is 3.51. The predicted molar refractivity (Wildman–Crippen MR) is 141 cm³/mol. The Morgan fingerprint density at radius 3 is 2.53 bits per heavy atom. The van der Waals surface area contributed by atoms with Crippen molar-refractivity contribution in [1.29, 1.82) is 0 Å². The molecule has 1 fully saturated rings. The first-order valence-corrected chi connectivity index (χ1v) is 10.8. The van der Waals surface area contributed by atoms with Gasteiger partial charge in [-0.15, -0.1) is 0 Å². The van der Waals surface area contributed by atoms with Crippen molar-refractivity contribution in [1.82, 2.24) is 14.1 Å². The van der Waals surface area contributed by atoms with Crippen molar-refractivity contribution in [2.45, 2.75) is 12.6 Å². The van der Waals surface area contributed by atoms with Crippen LogP contribution >= 0.6 is 27.0 Å². The largest absolute Gasteiger partial charge is 0.396 e. The van der Waals surface area contributed by atoms with Crippen LogP contribution in [-0.2, 0) is 6.54 Å². The molecule has 2 atom stereocenters. The quantitative estimate of drug-likeness (QED) is 0.400. The SMILES string of the molecule is OC[C@@H]1CN(c2ccc3c(c2)Cn2cc(-c4ccc(F)cc4)cc2-c2nccn2-3)C[C@H]1O.S.S. The first kappa shape index (κ1) is 24.4. The smallest absolute Gasteiger partial charge is 0.161 e. The fourth-order valence-electron chi connectivity index (χ4n) is 4.87. The number of aromatic nitrogens is 3. The molecule has 1 saturated heterocycles. The normalized spacial score (nSPS) is 18.3. The lowest BCUT2D eigenvalue weighted by Gasteiger charge is -2.20. The number of hydrogen-bond acceptors (Lipinski definition) is 4. The fourth-order valence-corrected chi connectivity index (χ4v) is 4.87. The Hall–Kier alpha value is -2.72. The van der Waals surface area contributed by atoms with E-state index < -0.39 is 6.10 Å². The molecule has 0 saturated carbocycles. The predicted octanol–water partition coefficient (Wildman–Crippen LogP) is 3.52. The van der Waals surface area contributed by atoms with Gasteiger partial charge in [0.15, 0.2) is 5.82 Å². The lowest BCUT2D eigenvalue weighted by Crippen LogP contribution is -2.21. The monoisotopic (exact) mass is 498 g/mol. The van der Waals surface area contributed by atoms with Gasteiger partial charge in [0.1, 0.15) is 5.82 Å². The highest BCUT2D eigenvalue weighted by atomic mass is 32.1. The Kier molecular flexibility index (Phi) is 6.82. The fraction of sp³-hybridized carbons (Fsp3) is 0.240. The number of fused-ring (bicyclic) bond motifs is 5. The van der Waals surface area contributed by atoms with Gasteiger partial charge in [-0.2, -0.15) is 27.0 Å². The first-order valence-electron chi connectivity index (χ1n) is 10.8. The minimum absolute atomic E-state index is 0. The summed E-state index contributed by atoms with van der Waals surface area (Å²) >= 11 is 0. The van der Waals surface area contributed by atoms with Crippen molar-refractivity contribution in [3.05, 3.63) is 78.5 Å². The molecular formula is C25H27FN4O2S2. The zero-order chi connectivity index (χ0) is 21.8. The molecule has 2 aliphatic rings. The van der Waals surface area contributed by atoms with Crippen LogP contribution in [0.4, 0.5) is 10.1 Å². The van der Waals surface area contributed by atoms with E-state index in [1.165, 1.54) is 12.1 Å². The van der Waals surface area contributed by atoms with E-state index in [1.807, 2.05) is 6.20 Å². The van der Waals surface area contributed by atoms with Crippen LogP contribution in [0.3, 0.4) is 0 Å². The molecule has 178 valence electrons. The van der Waals surface area contributed by atoms with Crippen LogP contribution < -0.4 is 4.90 Å². The number of aliphatic hydroxyl groups excluding tert-OH is 2. The van der Waals surface area contributed by atoms with Gasteiger partial charge in [0.05, 0.1) is 24.1 Å². The third-order valence-corrected chi connectivity index (χ3v) is 6.61. The Balaban J connectivity index is 0.00000137. The number of halogens is 1. The van der Waals surface area contributed by atoms with Crippen molar-refractivity contribution in [3.8, 4) is 28.3 Å². The van der Waals surface area contributed by atoms with Crippen molar-refractivity contribution in [2.75, 3.05) is 24.6 Å². The molecule has 0 radical (unpaired) electrons. The van der Waals surface area contributed by atoms with Gasteiger partial charge in [0.2, 0.25) is 0 Å². The highest BCUT2D eigenvalue weighted by Gasteiger charge is 2.31. The topological polar surface area (TPSA) is 66.5 Å². The molecule has 2 aromatic carbocycles. The summed E-state index contributed by atoms with van der Waals surface area (Å²) < 4.78 is 17.7. The Labute approximate surface area is 211 Å². The molecule has 6 rings (SSSR count). The maximum Gasteiger partial charge on any atom is 0.161 e. The van der Waals surface area contributed by atoms with Gasteiger partial charge in [-0.1, -0.05) is 12.1 Å². The third-order valence-electron chi connectivity index (χ3n) is 6.61. The van der Waals surface area contributed by atoms with E-state index in [4.69, 9.17) is 0 Å². The summed E-state index contributed by atoms with van der Waals surface area (Å²) in [6, 6.07) is 15.0. The number of benzene rings is 2. The molecular weight excluding hydrogens is 471 g/mol. The molecule has 2 aliphatic heterocycles. The molecule has 2 N–H and O–H groups in total. The number of hydrogen-bond donors (Lipinski definition) is 2. The summed E-state index contributed by atoms with van der Waals surface area (Å²) in [5.41, 5.74) is 6.23. The molecule has 6 nitrogen and oxygen atoms in total. The lowest BCUT2D eigenvalue weighted by atomic mass is 10.1. The molecule has 0 spiro atoms. The van der Waals surface area contributed by atoms with E-state index in [0.717, 1.165) is 39.6 Å². The van der Waals surface area contributed by atoms with Gasteiger partial charge in [-0.25, -0.2) is 9.37 Å². The van der Waals surface area contributed by atoms with Crippen molar-refractivity contribution in [2.24, 2.45) is 5.92 Å². The van der Waals surface area contributed by atoms with E-state index in [1.54, 1.807) is 18.3 Å². The zero-order valence-electron chi connectivity index (χ0n) is 18.4. The molecule has 9 heteroatoms. The highest BCUT2D eigenvalue weighted by molar-refractivity contribution is 7.59. The maximum absolute atomic E-state index is 13.4. The maximum atomic E-state index is 13.4. The summed E-state index contributed by atoms with van der Waals surface area (Å²) in [4.78, 5) is 6.75. The van der Waals surface area contributed by atoms with Gasteiger partial charge < -0.3 is 19.7 Å². The molecule has 0 bridgehead atoms. The standard InChI is InChI=1S/C25H23FN4O2.2H2S/c26-20-3-1-16(2-4-20)17-10-23-25-27-7-8-30(25)22-6-5-21(9-18(22)12-29(23)11-17)28-13-19(15-31)24(32)14-28;;/h1-11,19,24,31-32H,12-15H2;2*1H2/t19-,24+;;/m0../s1.